The van der Waals surface area contributed by atoms with Crippen LogP contribution in [0.2, 0.25) is 6.04 Å². The maximum absolute atomic E-state index is 11.4. The van der Waals surface area contributed by atoms with E-state index in [9.17, 15) is 9.59 Å². The molecule has 0 aromatic rings. The van der Waals surface area contributed by atoms with Crippen molar-refractivity contribution in [3.05, 3.63) is 11.6 Å². The molecule has 0 saturated carbocycles. The highest BCUT2D eigenvalue weighted by molar-refractivity contribution is 6.60. The topological polar surface area (TPSA) is 73.9 Å². The fourth-order valence-electron chi connectivity index (χ4n) is 2.13. The van der Waals surface area contributed by atoms with Crippen molar-refractivity contribution in [2.75, 3.05) is 19.8 Å². The van der Waals surface area contributed by atoms with Gasteiger partial charge in [0.15, 0.2) is 0 Å². The molecule has 114 valence electrons. The Balaban J connectivity index is 2.55. The Bertz CT molecular complexity index is 366. The van der Waals surface area contributed by atoms with E-state index in [0.29, 0.717) is 44.3 Å². The summed E-state index contributed by atoms with van der Waals surface area (Å²) in [6.45, 7) is 7.33. The molecular formula is C13H23NO5Si. The lowest BCUT2D eigenvalue weighted by molar-refractivity contribution is -0.123. The third-order valence-corrected chi connectivity index (χ3v) is 6.01. The molecule has 0 spiro atoms. The highest BCUT2D eigenvalue weighted by Gasteiger charge is 2.39. The van der Waals surface area contributed by atoms with Gasteiger partial charge in [-0.3, -0.25) is 14.9 Å². The van der Waals surface area contributed by atoms with E-state index in [0.717, 1.165) is 0 Å². The molecule has 1 rings (SSSR count). The summed E-state index contributed by atoms with van der Waals surface area (Å²) in [4.78, 5) is 22.5. The highest BCUT2D eigenvalue weighted by atomic mass is 28.4. The van der Waals surface area contributed by atoms with Crippen LogP contribution in [0.15, 0.2) is 11.6 Å². The summed E-state index contributed by atoms with van der Waals surface area (Å²) in [5.41, 5.74) is 0.516. The molecule has 0 aromatic heterocycles. The maximum Gasteiger partial charge on any atom is 0.500 e. The minimum Gasteiger partial charge on any atom is -0.374 e. The molecule has 1 aliphatic heterocycles. The zero-order valence-electron chi connectivity index (χ0n) is 12.4. The van der Waals surface area contributed by atoms with Gasteiger partial charge < -0.3 is 13.3 Å². The van der Waals surface area contributed by atoms with E-state index in [2.05, 4.69) is 5.32 Å². The second-order valence-corrected chi connectivity index (χ2v) is 7.06. The Hall–Kier alpha value is -1.02. The second kappa shape index (κ2) is 8.31. The average Bonchev–Trinajstić information content (AvgIpc) is 2.69. The van der Waals surface area contributed by atoms with Crippen LogP contribution >= 0.6 is 0 Å². The number of rotatable bonds is 10. The SMILES string of the molecule is CCO[Si](CCCC1=CC(=O)NC1=O)(OCC)OCC. The Morgan fingerprint density at radius 2 is 1.60 bits per heavy atom. The first-order valence-electron chi connectivity index (χ1n) is 7.04. The summed E-state index contributed by atoms with van der Waals surface area (Å²) in [5.74, 6) is -0.639. The van der Waals surface area contributed by atoms with Crippen molar-refractivity contribution in [1.82, 2.24) is 5.32 Å². The smallest absolute Gasteiger partial charge is 0.374 e. The average molecular weight is 301 g/mol. The van der Waals surface area contributed by atoms with Crippen LogP contribution in [0.25, 0.3) is 0 Å². The minimum atomic E-state index is -2.65. The van der Waals surface area contributed by atoms with Crippen molar-refractivity contribution in [1.29, 1.82) is 0 Å². The lowest BCUT2D eigenvalue weighted by Gasteiger charge is -2.28. The van der Waals surface area contributed by atoms with Crippen LogP contribution in [-0.2, 0) is 22.9 Å². The van der Waals surface area contributed by atoms with Crippen molar-refractivity contribution < 1.29 is 22.9 Å². The third kappa shape index (κ3) is 4.82. The molecular weight excluding hydrogens is 278 g/mol. The first-order valence-corrected chi connectivity index (χ1v) is 8.97. The van der Waals surface area contributed by atoms with Gasteiger partial charge in [-0.15, -0.1) is 0 Å². The van der Waals surface area contributed by atoms with E-state index in [-0.39, 0.29) is 11.8 Å². The van der Waals surface area contributed by atoms with Crippen molar-refractivity contribution in [2.45, 2.75) is 39.7 Å². The molecule has 6 nitrogen and oxygen atoms in total. The predicted molar refractivity (Wildman–Crippen MR) is 75.9 cm³/mol. The summed E-state index contributed by atoms with van der Waals surface area (Å²) in [5, 5.41) is 2.24. The molecule has 1 heterocycles. The van der Waals surface area contributed by atoms with E-state index in [4.69, 9.17) is 13.3 Å². The third-order valence-electron chi connectivity index (χ3n) is 2.86. The molecule has 0 aromatic carbocycles. The second-order valence-electron chi connectivity index (χ2n) is 4.32. The molecule has 1 aliphatic rings. The summed E-state index contributed by atoms with van der Waals surface area (Å²) in [6.07, 6.45) is 2.58. The number of carbonyl (C=O) groups is 2. The van der Waals surface area contributed by atoms with Crippen molar-refractivity contribution >= 4 is 20.6 Å². The molecule has 0 aliphatic carbocycles. The molecule has 1 N–H and O–H groups in total. The highest BCUT2D eigenvalue weighted by Crippen LogP contribution is 2.22. The first-order chi connectivity index (χ1) is 9.56. The number of hydrogen-bond donors (Lipinski definition) is 1. The lowest BCUT2D eigenvalue weighted by atomic mass is 10.1. The number of carbonyl (C=O) groups excluding carboxylic acids is 2. The van der Waals surface area contributed by atoms with Gasteiger partial charge in [0.05, 0.1) is 0 Å². The number of nitrogens with one attached hydrogen (secondary N) is 1. The summed E-state index contributed by atoms with van der Waals surface area (Å²) < 4.78 is 17.2. The fourth-order valence-corrected chi connectivity index (χ4v) is 4.75. The van der Waals surface area contributed by atoms with Crippen LogP contribution in [0.5, 0.6) is 0 Å². The van der Waals surface area contributed by atoms with Gasteiger partial charge in [0.2, 0.25) is 0 Å². The lowest BCUT2D eigenvalue weighted by Crippen LogP contribution is -2.45. The molecule has 0 saturated heterocycles. The molecule has 0 radical (unpaired) electrons. The van der Waals surface area contributed by atoms with Crippen molar-refractivity contribution in [3.63, 3.8) is 0 Å². The van der Waals surface area contributed by atoms with Crippen LogP contribution in [-0.4, -0.2) is 40.4 Å². The Morgan fingerprint density at radius 1 is 1.05 bits per heavy atom. The molecule has 0 bridgehead atoms. The van der Waals surface area contributed by atoms with E-state index in [1.807, 2.05) is 20.8 Å². The summed E-state index contributed by atoms with van der Waals surface area (Å²) in [7, 11) is -2.65. The summed E-state index contributed by atoms with van der Waals surface area (Å²) in [6, 6.07) is 0.640. The standard InChI is InChI=1S/C13H23NO5Si/c1-4-17-20(18-5-2,19-6-3)9-7-8-11-10-12(15)14-13(11)16/h10H,4-9H2,1-3H3,(H,14,15,16). The van der Waals surface area contributed by atoms with Crippen LogP contribution in [0.1, 0.15) is 33.6 Å². The molecule has 20 heavy (non-hydrogen) atoms. The first kappa shape index (κ1) is 17.0. The van der Waals surface area contributed by atoms with E-state index in [1.165, 1.54) is 6.08 Å². The quantitative estimate of drug-likeness (QED) is 0.488. The van der Waals surface area contributed by atoms with Gasteiger partial charge in [-0.05, 0) is 33.6 Å². The van der Waals surface area contributed by atoms with Crippen molar-refractivity contribution in [2.24, 2.45) is 0 Å². The van der Waals surface area contributed by atoms with Gasteiger partial charge in [-0.1, -0.05) is 0 Å². The van der Waals surface area contributed by atoms with Gasteiger partial charge in [0.25, 0.3) is 11.8 Å². The fraction of sp³-hybridized carbons (Fsp3) is 0.692. The summed E-state index contributed by atoms with van der Waals surface area (Å²) >= 11 is 0. The zero-order valence-corrected chi connectivity index (χ0v) is 13.4. The normalized spacial score (nSPS) is 15.4. The monoisotopic (exact) mass is 301 g/mol. The largest absolute Gasteiger partial charge is 0.500 e. The zero-order chi connectivity index (χ0) is 15.0. The predicted octanol–water partition coefficient (Wildman–Crippen LogP) is 1.40. The van der Waals surface area contributed by atoms with Crippen LogP contribution < -0.4 is 5.32 Å². The Kier molecular flexibility index (Phi) is 7.07. The molecule has 0 atom stereocenters. The van der Waals surface area contributed by atoms with E-state index < -0.39 is 8.80 Å². The van der Waals surface area contributed by atoms with Crippen LogP contribution in [0.3, 0.4) is 0 Å². The van der Waals surface area contributed by atoms with E-state index in [1.54, 1.807) is 0 Å². The van der Waals surface area contributed by atoms with E-state index >= 15 is 0 Å². The van der Waals surface area contributed by atoms with Crippen molar-refractivity contribution in [3.8, 4) is 0 Å². The molecule has 0 fully saturated rings. The molecule has 7 heteroatoms. The number of amides is 2. The number of imide groups is 1. The maximum atomic E-state index is 11.4. The van der Waals surface area contributed by atoms with Crippen LogP contribution in [0, 0.1) is 0 Å². The molecule has 0 unspecified atom stereocenters. The number of hydrogen-bond acceptors (Lipinski definition) is 5. The van der Waals surface area contributed by atoms with Gasteiger partial charge in [-0.25, -0.2) is 0 Å². The Morgan fingerprint density at radius 3 is 2.00 bits per heavy atom. The van der Waals surface area contributed by atoms with Crippen LogP contribution in [0.4, 0.5) is 0 Å². The van der Waals surface area contributed by atoms with Gasteiger partial charge in [0, 0.05) is 37.5 Å². The van der Waals surface area contributed by atoms with Gasteiger partial charge >= 0.3 is 8.80 Å². The Labute approximate surface area is 120 Å². The minimum absolute atomic E-state index is 0.300. The van der Waals surface area contributed by atoms with Gasteiger partial charge in [-0.2, -0.15) is 0 Å². The molecule has 2 amide bonds. The van der Waals surface area contributed by atoms with Gasteiger partial charge in [0.1, 0.15) is 0 Å².